The lowest BCUT2D eigenvalue weighted by molar-refractivity contribution is 0.669. The van der Waals surface area contributed by atoms with Gasteiger partial charge >= 0.3 is 0 Å². The Balaban J connectivity index is 1.22. The van der Waals surface area contributed by atoms with Crippen molar-refractivity contribution in [3.8, 4) is 33.4 Å². The van der Waals surface area contributed by atoms with E-state index in [-0.39, 0.29) is 61.1 Å². The third kappa shape index (κ3) is 5.12. The van der Waals surface area contributed by atoms with Crippen molar-refractivity contribution in [2.75, 3.05) is 4.90 Å². The lowest BCUT2D eigenvalue weighted by Gasteiger charge is -2.28. The predicted octanol–water partition coefficient (Wildman–Crippen LogP) is 14.4. The van der Waals surface area contributed by atoms with Crippen molar-refractivity contribution in [2.45, 2.75) is 0 Å². The Bertz CT molecular complexity index is 3770. The number of para-hydroxylation sites is 2. The minimum atomic E-state index is -0.550. The van der Waals surface area contributed by atoms with Crippen molar-refractivity contribution in [3.63, 3.8) is 0 Å². The van der Waals surface area contributed by atoms with Gasteiger partial charge in [-0.25, -0.2) is 0 Å². The van der Waals surface area contributed by atoms with Gasteiger partial charge in [-0.1, -0.05) is 151 Å². The highest BCUT2D eigenvalue weighted by molar-refractivity contribution is 6.19. The van der Waals surface area contributed by atoms with E-state index in [0.717, 1.165) is 16.3 Å². The molecule has 0 amide bonds. The zero-order valence-corrected chi connectivity index (χ0v) is 27.2. The van der Waals surface area contributed by atoms with E-state index >= 15 is 0 Å². The second-order valence-corrected chi connectivity index (χ2v) is 12.1. The van der Waals surface area contributed by atoms with Gasteiger partial charge in [0.15, 0.2) is 0 Å². The minimum absolute atomic E-state index is 0.0298. The molecule has 0 fully saturated rings. The molecule has 0 saturated heterocycles. The van der Waals surface area contributed by atoms with Crippen LogP contribution in [0, 0.1) is 0 Å². The normalized spacial score (nSPS) is 15.8. The second-order valence-electron chi connectivity index (χ2n) is 12.1. The molecule has 0 spiro atoms. The van der Waals surface area contributed by atoms with E-state index < -0.39 is 90.6 Å². The lowest BCUT2D eigenvalue weighted by Crippen LogP contribution is -2.11. The van der Waals surface area contributed by atoms with Crippen molar-refractivity contribution in [1.82, 2.24) is 0 Å². The van der Waals surface area contributed by atoms with E-state index in [2.05, 4.69) is 0 Å². The summed E-state index contributed by atoms with van der Waals surface area (Å²) < 4.78 is 147. The first kappa shape index (κ1) is 17.8. The van der Waals surface area contributed by atoms with Crippen molar-refractivity contribution in [3.05, 3.63) is 200 Å². The van der Waals surface area contributed by atoms with Gasteiger partial charge in [0.2, 0.25) is 0 Å². The van der Waals surface area contributed by atoms with Crippen LogP contribution in [-0.2, 0) is 0 Å². The van der Waals surface area contributed by atoms with Crippen LogP contribution in [-0.4, -0.2) is 0 Å². The van der Waals surface area contributed by atoms with E-state index in [1.165, 1.54) is 12.1 Å². The maximum absolute atomic E-state index is 9.67. The molecule has 10 aromatic rings. The van der Waals surface area contributed by atoms with Crippen LogP contribution in [0.4, 0.5) is 17.1 Å². The topological polar surface area (TPSA) is 16.4 Å². The summed E-state index contributed by atoms with van der Waals surface area (Å²) in [5, 5.41) is 2.03. The van der Waals surface area contributed by atoms with Crippen molar-refractivity contribution >= 4 is 60.5 Å². The summed E-state index contributed by atoms with van der Waals surface area (Å²) in [6, 6.07) is 22.2. The number of rotatable bonds is 6. The maximum atomic E-state index is 9.67. The summed E-state index contributed by atoms with van der Waals surface area (Å²) in [4.78, 5) is 1.57. The first-order valence-corrected chi connectivity index (χ1v) is 16.5. The highest BCUT2D eigenvalue weighted by Crippen LogP contribution is 2.44. The second kappa shape index (κ2) is 12.5. The van der Waals surface area contributed by atoms with Crippen LogP contribution in [0.3, 0.4) is 0 Å². The van der Waals surface area contributed by atoms with E-state index in [9.17, 15) is 8.22 Å². The van der Waals surface area contributed by atoms with Crippen LogP contribution >= 0.6 is 0 Å². The van der Waals surface area contributed by atoms with E-state index in [4.69, 9.17) is 18.1 Å². The van der Waals surface area contributed by atoms with Gasteiger partial charge in [0.05, 0.1) is 27.6 Å². The van der Waals surface area contributed by atoms with Crippen LogP contribution in [0.1, 0.15) is 21.9 Å². The Morgan fingerprint density at radius 2 is 1.12 bits per heavy atom. The van der Waals surface area contributed by atoms with E-state index in [1.54, 1.807) is 41.3 Å². The van der Waals surface area contributed by atoms with Crippen LogP contribution in [0.5, 0.6) is 0 Å². The fourth-order valence-corrected chi connectivity index (χ4v) is 6.69. The molecule has 0 radical (unpaired) electrons. The van der Waals surface area contributed by atoms with Gasteiger partial charge in [-0.3, -0.25) is 0 Å². The molecule has 0 N–H and O–H groups in total. The number of hydrogen-bond donors (Lipinski definition) is 0. The Labute approximate surface area is 324 Å². The zero-order valence-electron chi connectivity index (χ0n) is 43.2. The highest BCUT2D eigenvalue weighted by Gasteiger charge is 2.19. The molecule has 52 heavy (non-hydrogen) atoms. The molecule has 0 aliphatic carbocycles. The molecule has 9 aromatic carbocycles. The third-order valence-electron chi connectivity index (χ3n) is 9.10. The molecule has 2 nitrogen and oxygen atoms in total. The molecule has 0 aliphatic rings. The molecular formula is C50H33NO. The summed E-state index contributed by atoms with van der Waals surface area (Å²) >= 11 is 0. The molecule has 10 rings (SSSR count). The first-order chi connectivity index (χ1) is 32.4. The largest absolute Gasteiger partial charge is 0.456 e. The number of nitrogens with zero attached hydrogens (tertiary/aromatic N) is 1. The van der Waals surface area contributed by atoms with Gasteiger partial charge < -0.3 is 9.32 Å². The maximum Gasteiger partial charge on any atom is 0.136 e. The van der Waals surface area contributed by atoms with Crippen molar-refractivity contribution in [1.29, 1.82) is 0 Å². The Hall–Kier alpha value is -6.90. The molecule has 0 aliphatic heterocycles. The fourth-order valence-electron chi connectivity index (χ4n) is 6.69. The molecule has 0 atom stereocenters. The SMILES string of the molecule is [2H]c1c([2H])c([2H])c(-c2ccc(N(c3ccccc3-c3cccc4ccccc34)c3c([2H])c([2H])c(-c4cc5cc([2H])c6oc7c([2H])c([2H])c([2H])c([2H])c7c6c5c([2H])c4[2H])c([2H])c3[2H])cc2)c([2H])c1[2H]. The fraction of sp³-hybridized carbons (Fsp3) is 0. The number of furan rings is 1. The monoisotopic (exact) mass is 679 g/mol. The van der Waals surface area contributed by atoms with Gasteiger partial charge in [0.25, 0.3) is 0 Å². The lowest BCUT2D eigenvalue weighted by atomic mass is 9.95. The molecule has 2 heteroatoms. The number of anilines is 3. The molecular weight excluding hydrogens is 631 g/mol. The summed E-state index contributed by atoms with van der Waals surface area (Å²) in [7, 11) is 0. The van der Waals surface area contributed by atoms with Gasteiger partial charge in [-0.05, 0) is 97.8 Å². The molecule has 0 bridgehead atoms. The Morgan fingerprint density at radius 3 is 2.00 bits per heavy atom. The first-order valence-electron chi connectivity index (χ1n) is 24.5. The number of benzene rings is 9. The van der Waals surface area contributed by atoms with Crippen molar-refractivity contribution < 1.29 is 26.3 Å². The van der Waals surface area contributed by atoms with Gasteiger partial charge in [-0.15, -0.1) is 0 Å². The Kier molecular flexibility index (Phi) is 4.28. The minimum Gasteiger partial charge on any atom is -0.456 e. The average Bonchev–Trinajstić information content (AvgIpc) is 3.75. The summed E-state index contributed by atoms with van der Waals surface area (Å²) in [6.45, 7) is 0. The number of fused-ring (bicyclic) bond motifs is 6. The molecule has 0 unspecified atom stereocenters. The smallest absolute Gasteiger partial charge is 0.136 e. The van der Waals surface area contributed by atoms with Crippen LogP contribution < -0.4 is 4.90 Å². The van der Waals surface area contributed by atoms with Crippen LogP contribution in [0.2, 0.25) is 0 Å². The summed E-state index contributed by atoms with van der Waals surface area (Å²) in [6.07, 6.45) is 0. The number of hydrogen-bond acceptors (Lipinski definition) is 2. The van der Waals surface area contributed by atoms with Gasteiger partial charge in [0.1, 0.15) is 11.2 Å². The van der Waals surface area contributed by atoms with Gasteiger partial charge in [0, 0.05) is 27.7 Å². The highest BCUT2D eigenvalue weighted by atomic mass is 16.3. The molecule has 244 valence electrons. The molecule has 1 aromatic heterocycles. The molecule has 1 heterocycles. The van der Waals surface area contributed by atoms with Gasteiger partial charge in [-0.2, -0.15) is 0 Å². The van der Waals surface area contributed by atoms with Crippen LogP contribution in [0.25, 0.3) is 76.9 Å². The van der Waals surface area contributed by atoms with Crippen LogP contribution in [0.15, 0.2) is 204 Å². The summed E-state index contributed by atoms with van der Waals surface area (Å²) in [5.74, 6) is 0. The average molecular weight is 680 g/mol. The summed E-state index contributed by atoms with van der Waals surface area (Å²) in [5.41, 5.74) is 1.56. The quantitative estimate of drug-likeness (QED) is 0.174. The standard InChI is InChI=1S/C50H33NO/c1-2-11-34(12-3-1)35-21-27-40(28-22-35)51(47-19-8-6-16-45(47)44-18-10-14-37-13-4-5-15-42(37)44)41-29-23-36(24-30-41)38-25-31-43-39(33-38)26-32-49-50(43)46-17-7-9-20-48(46)52-49/h1-33H/i1D,2D,3D,7D,9D,11D,12D,17D,20D,23D,24D,25D,29D,30D,31D,32D. The predicted molar refractivity (Wildman–Crippen MR) is 220 cm³/mol. The third-order valence-corrected chi connectivity index (χ3v) is 9.10. The van der Waals surface area contributed by atoms with E-state index in [0.29, 0.717) is 22.5 Å². The zero-order chi connectivity index (χ0) is 48.4. The molecule has 0 saturated carbocycles. The van der Waals surface area contributed by atoms with E-state index in [1.807, 2.05) is 54.6 Å². The van der Waals surface area contributed by atoms with Crippen molar-refractivity contribution in [2.24, 2.45) is 0 Å². The Morgan fingerprint density at radius 1 is 0.404 bits per heavy atom.